The molecule has 0 radical (unpaired) electrons. The van der Waals surface area contributed by atoms with Gasteiger partial charge in [-0.3, -0.25) is 0 Å². The molecular formula is C13H23N3O. The second-order valence-corrected chi connectivity index (χ2v) is 4.39. The Morgan fingerprint density at radius 3 is 2.76 bits per heavy atom. The molecule has 96 valence electrons. The summed E-state index contributed by atoms with van der Waals surface area (Å²) in [5.74, 6) is 1.34. The van der Waals surface area contributed by atoms with Gasteiger partial charge >= 0.3 is 0 Å². The third kappa shape index (κ3) is 4.93. The maximum atomic E-state index is 5.80. The molecular weight excluding hydrogens is 214 g/mol. The van der Waals surface area contributed by atoms with E-state index >= 15 is 0 Å². The molecule has 0 saturated carbocycles. The summed E-state index contributed by atoms with van der Waals surface area (Å²) < 4.78 is 5.54. The number of rotatable bonds is 7. The molecule has 0 spiro atoms. The number of pyridine rings is 1. The van der Waals surface area contributed by atoms with Gasteiger partial charge < -0.3 is 15.8 Å². The zero-order chi connectivity index (χ0) is 12.7. The number of hydrogen-bond donors (Lipinski definition) is 2. The Balaban J connectivity index is 2.55. The number of nitrogens with zero attached hydrogens (tertiary/aromatic N) is 1. The fraction of sp³-hybridized carbons (Fsp3) is 0.615. The first-order valence-corrected chi connectivity index (χ1v) is 6.30. The van der Waals surface area contributed by atoms with Crippen molar-refractivity contribution in [1.29, 1.82) is 0 Å². The Morgan fingerprint density at radius 2 is 2.12 bits per heavy atom. The summed E-state index contributed by atoms with van der Waals surface area (Å²) in [6.45, 7) is 7.05. The molecule has 4 nitrogen and oxygen atoms in total. The van der Waals surface area contributed by atoms with Gasteiger partial charge in [0.15, 0.2) is 0 Å². The summed E-state index contributed by atoms with van der Waals surface area (Å²) >= 11 is 0. The van der Waals surface area contributed by atoms with E-state index in [2.05, 4.69) is 17.2 Å². The molecule has 0 bridgehead atoms. The quantitative estimate of drug-likeness (QED) is 0.715. The van der Waals surface area contributed by atoms with E-state index in [-0.39, 0.29) is 6.10 Å². The topological polar surface area (TPSA) is 60.2 Å². The molecule has 0 atom stereocenters. The molecule has 0 saturated heterocycles. The highest BCUT2D eigenvalue weighted by atomic mass is 16.5. The van der Waals surface area contributed by atoms with Crippen LogP contribution >= 0.6 is 0 Å². The Labute approximate surface area is 104 Å². The number of nitrogens with two attached hydrogens (primary N) is 1. The van der Waals surface area contributed by atoms with Crippen molar-refractivity contribution in [2.75, 3.05) is 17.6 Å². The van der Waals surface area contributed by atoms with Crippen LogP contribution in [0.5, 0.6) is 5.88 Å². The summed E-state index contributed by atoms with van der Waals surface area (Å²) in [5.41, 5.74) is 6.38. The van der Waals surface area contributed by atoms with Crippen LogP contribution in [0.4, 0.5) is 11.5 Å². The molecule has 3 N–H and O–H groups in total. The Hall–Kier alpha value is -1.45. The first kappa shape index (κ1) is 13.6. The number of unbranched alkanes of at least 4 members (excludes halogenated alkanes) is 2. The maximum Gasteiger partial charge on any atom is 0.239 e. The predicted molar refractivity (Wildman–Crippen MR) is 72.4 cm³/mol. The summed E-state index contributed by atoms with van der Waals surface area (Å²) in [4.78, 5) is 4.35. The molecule has 1 rings (SSSR count). The molecule has 0 unspecified atom stereocenters. The van der Waals surface area contributed by atoms with Gasteiger partial charge in [0.25, 0.3) is 0 Å². The zero-order valence-electron chi connectivity index (χ0n) is 11.0. The Kier molecular flexibility index (Phi) is 5.60. The SMILES string of the molecule is CCCCCNc1ccc(N)c(OC(C)C)n1. The van der Waals surface area contributed by atoms with Gasteiger partial charge in [0.1, 0.15) is 5.82 Å². The second-order valence-electron chi connectivity index (χ2n) is 4.39. The standard InChI is InChI=1S/C13H23N3O/c1-4-5-6-9-15-12-8-7-11(14)13(16-12)17-10(2)3/h7-8,10H,4-6,9,14H2,1-3H3,(H,15,16). The lowest BCUT2D eigenvalue weighted by molar-refractivity contribution is 0.234. The van der Waals surface area contributed by atoms with Crippen LogP contribution < -0.4 is 15.8 Å². The summed E-state index contributed by atoms with van der Waals surface area (Å²) in [7, 11) is 0. The van der Waals surface area contributed by atoms with E-state index in [1.54, 1.807) is 0 Å². The lowest BCUT2D eigenvalue weighted by Crippen LogP contribution is -2.10. The van der Waals surface area contributed by atoms with Crippen molar-refractivity contribution >= 4 is 11.5 Å². The van der Waals surface area contributed by atoms with Crippen LogP contribution in [0.3, 0.4) is 0 Å². The van der Waals surface area contributed by atoms with Crippen molar-refractivity contribution in [2.24, 2.45) is 0 Å². The van der Waals surface area contributed by atoms with Crippen LogP contribution in [0.2, 0.25) is 0 Å². The molecule has 0 aliphatic carbocycles. The van der Waals surface area contributed by atoms with Crippen LogP contribution in [0.15, 0.2) is 12.1 Å². The van der Waals surface area contributed by atoms with Crippen LogP contribution in [-0.4, -0.2) is 17.6 Å². The van der Waals surface area contributed by atoms with Crippen LogP contribution in [0.1, 0.15) is 40.0 Å². The molecule has 0 aromatic carbocycles. The van der Waals surface area contributed by atoms with E-state index in [0.717, 1.165) is 18.8 Å². The van der Waals surface area contributed by atoms with Crippen molar-refractivity contribution in [3.05, 3.63) is 12.1 Å². The number of nitrogen functional groups attached to an aromatic ring is 1. The van der Waals surface area contributed by atoms with Gasteiger partial charge in [-0.05, 0) is 32.4 Å². The molecule has 4 heteroatoms. The smallest absolute Gasteiger partial charge is 0.239 e. The first-order chi connectivity index (χ1) is 8.13. The normalized spacial score (nSPS) is 10.6. The number of ether oxygens (including phenoxy) is 1. The fourth-order valence-corrected chi connectivity index (χ4v) is 1.46. The summed E-state index contributed by atoms with van der Waals surface area (Å²) in [6, 6.07) is 3.71. The minimum atomic E-state index is 0.0835. The predicted octanol–water partition coefficient (Wildman–Crippen LogP) is 3.05. The van der Waals surface area contributed by atoms with Gasteiger partial charge in [0.2, 0.25) is 5.88 Å². The third-order valence-electron chi connectivity index (χ3n) is 2.32. The Morgan fingerprint density at radius 1 is 1.35 bits per heavy atom. The molecule has 1 heterocycles. The summed E-state index contributed by atoms with van der Waals surface area (Å²) in [5, 5.41) is 3.27. The zero-order valence-corrected chi connectivity index (χ0v) is 11.0. The molecule has 0 aliphatic heterocycles. The molecule has 0 amide bonds. The monoisotopic (exact) mass is 237 g/mol. The number of anilines is 2. The lowest BCUT2D eigenvalue weighted by Gasteiger charge is -2.12. The highest BCUT2D eigenvalue weighted by Crippen LogP contribution is 2.21. The van der Waals surface area contributed by atoms with Crippen LogP contribution in [-0.2, 0) is 0 Å². The molecule has 1 aromatic heterocycles. The Bertz CT molecular complexity index is 339. The van der Waals surface area contributed by atoms with Crippen molar-refractivity contribution in [1.82, 2.24) is 4.98 Å². The number of nitrogens with one attached hydrogen (secondary N) is 1. The van der Waals surface area contributed by atoms with Gasteiger partial charge in [-0.1, -0.05) is 19.8 Å². The molecule has 17 heavy (non-hydrogen) atoms. The molecule has 1 aromatic rings. The van der Waals surface area contributed by atoms with Crippen molar-refractivity contribution < 1.29 is 4.74 Å². The van der Waals surface area contributed by atoms with Gasteiger partial charge in [-0.2, -0.15) is 4.98 Å². The number of aromatic nitrogens is 1. The fourth-order valence-electron chi connectivity index (χ4n) is 1.46. The van der Waals surface area contributed by atoms with E-state index in [0.29, 0.717) is 11.6 Å². The van der Waals surface area contributed by atoms with Gasteiger partial charge in [-0.15, -0.1) is 0 Å². The van der Waals surface area contributed by atoms with E-state index < -0.39 is 0 Å². The lowest BCUT2D eigenvalue weighted by atomic mass is 10.2. The van der Waals surface area contributed by atoms with Gasteiger partial charge in [-0.25, -0.2) is 0 Å². The second kappa shape index (κ2) is 6.99. The van der Waals surface area contributed by atoms with E-state index in [4.69, 9.17) is 10.5 Å². The van der Waals surface area contributed by atoms with Gasteiger partial charge in [0, 0.05) is 6.54 Å². The van der Waals surface area contributed by atoms with E-state index in [9.17, 15) is 0 Å². The minimum absolute atomic E-state index is 0.0835. The van der Waals surface area contributed by atoms with Crippen molar-refractivity contribution in [3.8, 4) is 5.88 Å². The highest BCUT2D eigenvalue weighted by molar-refractivity contribution is 5.53. The number of hydrogen-bond acceptors (Lipinski definition) is 4. The largest absolute Gasteiger partial charge is 0.473 e. The highest BCUT2D eigenvalue weighted by Gasteiger charge is 2.05. The third-order valence-corrected chi connectivity index (χ3v) is 2.32. The van der Waals surface area contributed by atoms with Crippen molar-refractivity contribution in [3.63, 3.8) is 0 Å². The average molecular weight is 237 g/mol. The maximum absolute atomic E-state index is 5.80. The average Bonchev–Trinajstić information content (AvgIpc) is 2.28. The van der Waals surface area contributed by atoms with Crippen molar-refractivity contribution in [2.45, 2.75) is 46.1 Å². The van der Waals surface area contributed by atoms with Crippen LogP contribution in [0, 0.1) is 0 Å². The minimum Gasteiger partial charge on any atom is -0.473 e. The first-order valence-electron chi connectivity index (χ1n) is 6.30. The van der Waals surface area contributed by atoms with E-state index in [1.807, 2.05) is 26.0 Å². The van der Waals surface area contributed by atoms with Gasteiger partial charge in [0.05, 0.1) is 11.8 Å². The summed E-state index contributed by atoms with van der Waals surface area (Å²) in [6.07, 6.45) is 3.69. The van der Waals surface area contributed by atoms with E-state index in [1.165, 1.54) is 12.8 Å². The van der Waals surface area contributed by atoms with Crippen LogP contribution in [0.25, 0.3) is 0 Å². The molecule has 0 fully saturated rings. The molecule has 0 aliphatic rings.